The van der Waals surface area contributed by atoms with Crippen molar-refractivity contribution in [3.05, 3.63) is 75.1 Å². The van der Waals surface area contributed by atoms with Crippen molar-refractivity contribution < 1.29 is 19.1 Å². The van der Waals surface area contributed by atoms with Gasteiger partial charge in [0.05, 0.1) is 30.2 Å². The fourth-order valence-electron chi connectivity index (χ4n) is 4.01. The lowest BCUT2D eigenvalue weighted by atomic mass is 9.98. The molecule has 162 valence electrons. The molecular formula is C25H27NO5. The minimum absolute atomic E-state index is 0.0472. The summed E-state index contributed by atoms with van der Waals surface area (Å²) in [5, 5.41) is 10.0. The van der Waals surface area contributed by atoms with E-state index in [2.05, 4.69) is 13.8 Å². The van der Waals surface area contributed by atoms with E-state index in [1.165, 1.54) is 4.90 Å². The number of β-amino-alcohol motifs (C(OH)–C–C–N with tert-alkyl or cyclic N) is 1. The average molecular weight is 421 g/mol. The highest BCUT2D eigenvalue weighted by atomic mass is 16.5. The zero-order valence-corrected chi connectivity index (χ0v) is 18.1. The fourth-order valence-corrected chi connectivity index (χ4v) is 4.01. The molecule has 1 N–H and O–H groups in total. The van der Waals surface area contributed by atoms with E-state index in [-0.39, 0.29) is 30.2 Å². The van der Waals surface area contributed by atoms with Crippen LogP contribution in [0.1, 0.15) is 53.6 Å². The third kappa shape index (κ3) is 3.95. The summed E-state index contributed by atoms with van der Waals surface area (Å²) in [5.74, 6) is 0.874. The van der Waals surface area contributed by atoms with Crippen LogP contribution in [0.3, 0.4) is 0 Å². The summed E-state index contributed by atoms with van der Waals surface area (Å²) in [6.45, 7) is 6.66. The van der Waals surface area contributed by atoms with Crippen LogP contribution in [0.2, 0.25) is 0 Å². The van der Waals surface area contributed by atoms with Crippen molar-refractivity contribution in [2.24, 2.45) is 5.92 Å². The molecular weight excluding hydrogens is 394 g/mol. The van der Waals surface area contributed by atoms with Crippen molar-refractivity contribution in [1.29, 1.82) is 0 Å². The maximum absolute atomic E-state index is 13.5. The Balaban J connectivity index is 1.82. The van der Waals surface area contributed by atoms with Crippen LogP contribution < -0.4 is 10.2 Å². The number of amides is 1. The number of aryl methyl sites for hydroxylation is 1. The molecule has 6 heteroatoms. The second-order valence-electron chi connectivity index (χ2n) is 8.40. The zero-order valence-electron chi connectivity index (χ0n) is 18.1. The number of carbonyl (C=O) groups is 1. The normalized spacial score (nSPS) is 15.7. The first-order valence-corrected chi connectivity index (χ1v) is 10.6. The molecule has 31 heavy (non-hydrogen) atoms. The highest BCUT2D eigenvalue weighted by Gasteiger charge is 2.42. The number of carbonyl (C=O) groups excluding carboxylic acids is 1. The lowest BCUT2D eigenvalue weighted by Crippen LogP contribution is -2.32. The number of aliphatic hydroxyl groups is 1. The van der Waals surface area contributed by atoms with E-state index in [1.54, 1.807) is 12.1 Å². The molecule has 4 rings (SSSR count). The van der Waals surface area contributed by atoms with E-state index in [1.807, 2.05) is 37.3 Å². The maximum Gasteiger partial charge on any atom is 0.290 e. The molecule has 2 aromatic carbocycles. The number of fused-ring (bicyclic) bond motifs is 2. The maximum atomic E-state index is 13.5. The number of ether oxygens (including phenoxy) is 1. The molecule has 0 spiro atoms. The summed E-state index contributed by atoms with van der Waals surface area (Å²) >= 11 is 0. The van der Waals surface area contributed by atoms with Gasteiger partial charge in [-0.2, -0.15) is 0 Å². The van der Waals surface area contributed by atoms with Crippen molar-refractivity contribution in [2.45, 2.75) is 33.2 Å². The SMILES string of the molecule is Cc1ccc2oc3c(c(=O)c2c1)[C@H](c1cccc(OCCC(C)C)c1)N(CCO)C3=O. The molecule has 1 atom stereocenters. The number of benzene rings is 2. The Kier molecular flexibility index (Phi) is 5.83. The lowest BCUT2D eigenvalue weighted by Gasteiger charge is -2.24. The summed E-state index contributed by atoms with van der Waals surface area (Å²) < 4.78 is 11.8. The van der Waals surface area contributed by atoms with Crippen LogP contribution in [0.15, 0.2) is 51.7 Å². The molecule has 0 fully saturated rings. The summed E-state index contributed by atoms with van der Waals surface area (Å²) in [4.78, 5) is 28.1. The van der Waals surface area contributed by atoms with Crippen LogP contribution in [0.25, 0.3) is 11.0 Å². The summed E-state index contributed by atoms with van der Waals surface area (Å²) in [6.07, 6.45) is 0.931. The topological polar surface area (TPSA) is 80.0 Å². The first kappa shape index (κ1) is 21.1. The smallest absolute Gasteiger partial charge is 0.290 e. The Morgan fingerprint density at radius 2 is 1.97 bits per heavy atom. The van der Waals surface area contributed by atoms with Gasteiger partial charge in [0.2, 0.25) is 5.76 Å². The quantitative estimate of drug-likeness (QED) is 0.622. The number of hydrogen-bond acceptors (Lipinski definition) is 5. The molecule has 0 saturated carbocycles. The van der Waals surface area contributed by atoms with Gasteiger partial charge in [-0.3, -0.25) is 9.59 Å². The Morgan fingerprint density at radius 3 is 2.71 bits per heavy atom. The third-order valence-corrected chi connectivity index (χ3v) is 5.60. The predicted molar refractivity (Wildman–Crippen MR) is 119 cm³/mol. The minimum Gasteiger partial charge on any atom is -0.494 e. The van der Waals surface area contributed by atoms with Crippen molar-refractivity contribution in [3.8, 4) is 5.75 Å². The highest BCUT2D eigenvalue weighted by Crippen LogP contribution is 2.38. The molecule has 1 aromatic heterocycles. The highest BCUT2D eigenvalue weighted by molar-refractivity contribution is 5.99. The number of nitrogens with zero attached hydrogens (tertiary/aromatic N) is 1. The second kappa shape index (κ2) is 8.55. The Hall–Kier alpha value is -3.12. The van der Waals surface area contributed by atoms with E-state index in [0.29, 0.717) is 34.8 Å². The second-order valence-corrected chi connectivity index (χ2v) is 8.40. The predicted octanol–water partition coefficient (Wildman–Crippen LogP) is 4.06. The fraction of sp³-hybridized carbons (Fsp3) is 0.360. The van der Waals surface area contributed by atoms with Crippen molar-refractivity contribution in [2.75, 3.05) is 19.8 Å². The van der Waals surface area contributed by atoms with Gasteiger partial charge in [0, 0.05) is 6.54 Å². The summed E-state index contributed by atoms with van der Waals surface area (Å²) in [6, 6.07) is 12.2. The van der Waals surface area contributed by atoms with E-state index in [9.17, 15) is 14.7 Å². The van der Waals surface area contributed by atoms with Crippen LogP contribution in [-0.2, 0) is 0 Å². The first-order valence-electron chi connectivity index (χ1n) is 10.6. The third-order valence-electron chi connectivity index (χ3n) is 5.60. The standard InChI is InChI=1S/C25H27NO5/c1-15(2)9-12-30-18-6-4-5-17(14-18)22-21-23(28)19-13-16(3)7-8-20(19)31-24(21)25(29)26(22)10-11-27/h4-8,13-15,22,27H,9-12H2,1-3H3/t22-/m0/s1. The molecule has 1 amide bonds. The largest absolute Gasteiger partial charge is 0.494 e. The van der Waals surface area contributed by atoms with E-state index < -0.39 is 6.04 Å². The van der Waals surface area contributed by atoms with Crippen molar-refractivity contribution in [1.82, 2.24) is 4.90 Å². The van der Waals surface area contributed by atoms with Crippen LogP contribution in [-0.4, -0.2) is 35.7 Å². The monoisotopic (exact) mass is 421 g/mol. The van der Waals surface area contributed by atoms with Crippen molar-refractivity contribution in [3.63, 3.8) is 0 Å². The van der Waals surface area contributed by atoms with Crippen LogP contribution in [0, 0.1) is 12.8 Å². The van der Waals surface area contributed by atoms with Crippen LogP contribution in [0.5, 0.6) is 5.75 Å². The summed E-state index contributed by atoms with van der Waals surface area (Å²) in [7, 11) is 0. The molecule has 0 saturated heterocycles. The van der Waals surface area contributed by atoms with E-state index >= 15 is 0 Å². The number of aliphatic hydroxyl groups excluding tert-OH is 1. The molecule has 0 aliphatic carbocycles. The first-order chi connectivity index (χ1) is 14.9. The van der Waals surface area contributed by atoms with Gasteiger partial charge in [0.1, 0.15) is 11.3 Å². The Morgan fingerprint density at radius 1 is 1.16 bits per heavy atom. The minimum atomic E-state index is -0.635. The Bertz CT molecular complexity index is 1180. The molecule has 2 heterocycles. The Labute approximate surface area is 181 Å². The molecule has 1 aliphatic heterocycles. The molecule has 0 radical (unpaired) electrons. The molecule has 0 bridgehead atoms. The molecule has 6 nitrogen and oxygen atoms in total. The van der Waals surface area contributed by atoms with Gasteiger partial charge in [0.15, 0.2) is 5.43 Å². The lowest BCUT2D eigenvalue weighted by molar-refractivity contribution is 0.0691. The van der Waals surface area contributed by atoms with Gasteiger partial charge >= 0.3 is 0 Å². The average Bonchev–Trinajstić information content (AvgIpc) is 3.01. The van der Waals surface area contributed by atoms with E-state index in [4.69, 9.17) is 9.15 Å². The molecule has 1 aliphatic rings. The van der Waals surface area contributed by atoms with Crippen molar-refractivity contribution >= 4 is 16.9 Å². The number of hydrogen-bond donors (Lipinski definition) is 1. The van der Waals surface area contributed by atoms with Crippen LogP contribution >= 0.6 is 0 Å². The van der Waals surface area contributed by atoms with Crippen LogP contribution in [0.4, 0.5) is 0 Å². The number of rotatable bonds is 7. The molecule has 3 aromatic rings. The van der Waals surface area contributed by atoms with E-state index in [0.717, 1.165) is 17.5 Å². The van der Waals surface area contributed by atoms with Gasteiger partial charge in [-0.15, -0.1) is 0 Å². The van der Waals surface area contributed by atoms with Gasteiger partial charge in [-0.25, -0.2) is 0 Å². The summed E-state index contributed by atoms with van der Waals surface area (Å²) in [5.41, 5.74) is 2.18. The van der Waals surface area contributed by atoms with Gasteiger partial charge in [0.25, 0.3) is 5.91 Å². The molecule has 0 unspecified atom stereocenters. The van der Waals surface area contributed by atoms with Gasteiger partial charge in [-0.05, 0) is 49.1 Å². The zero-order chi connectivity index (χ0) is 22.1. The van der Waals surface area contributed by atoms with Gasteiger partial charge < -0.3 is 19.2 Å². The van der Waals surface area contributed by atoms with Gasteiger partial charge in [-0.1, -0.05) is 37.6 Å².